The van der Waals surface area contributed by atoms with Crippen molar-refractivity contribution in [1.82, 2.24) is 15.6 Å². The molecular formula is C15H22N4O. The van der Waals surface area contributed by atoms with Crippen LogP contribution in [-0.4, -0.2) is 43.7 Å². The van der Waals surface area contributed by atoms with E-state index in [9.17, 15) is 4.79 Å². The fourth-order valence-electron chi connectivity index (χ4n) is 3.08. The van der Waals surface area contributed by atoms with Crippen molar-refractivity contribution in [1.29, 1.82) is 0 Å². The van der Waals surface area contributed by atoms with E-state index in [2.05, 4.69) is 34.8 Å². The van der Waals surface area contributed by atoms with Gasteiger partial charge in [-0.1, -0.05) is 18.2 Å². The van der Waals surface area contributed by atoms with Crippen LogP contribution in [0.5, 0.6) is 0 Å². The van der Waals surface area contributed by atoms with E-state index in [1.807, 2.05) is 17.1 Å². The highest BCUT2D eigenvalue weighted by Crippen LogP contribution is 2.25. The van der Waals surface area contributed by atoms with Gasteiger partial charge < -0.3 is 10.2 Å². The van der Waals surface area contributed by atoms with Gasteiger partial charge in [-0.05, 0) is 44.5 Å². The van der Waals surface area contributed by atoms with E-state index in [1.54, 1.807) is 0 Å². The SMILES string of the molecule is CN1CCCC(NC(=O)NN2CCc3ccccc32)C1. The standard InChI is InChI=1S/C15H22N4O/c1-18-9-4-6-13(11-18)16-15(20)17-19-10-8-12-5-2-3-7-14(12)19/h2-3,5,7,13H,4,6,8-11H2,1H3,(H2,16,17,20). The van der Waals surface area contributed by atoms with Gasteiger partial charge in [-0.25, -0.2) is 10.2 Å². The third-order valence-electron chi connectivity index (χ3n) is 4.08. The molecule has 5 nitrogen and oxygen atoms in total. The third kappa shape index (κ3) is 2.88. The van der Waals surface area contributed by atoms with Crippen LogP contribution in [0.15, 0.2) is 24.3 Å². The molecule has 0 bridgehead atoms. The first kappa shape index (κ1) is 13.2. The number of amides is 2. The highest BCUT2D eigenvalue weighted by molar-refractivity contribution is 5.77. The van der Waals surface area contributed by atoms with Crippen LogP contribution < -0.4 is 15.8 Å². The number of likely N-dealkylation sites (N-methyl/N-ethyl adjacent to an activating group) is 1. The molecular weight excluding hydrogens is 252 g/mol. The number of carbonyl (C=O) groups excluding carboxylic acids is 1. The summed E-state index contributed by atoms with van der Waals surface area (Å²) in [5.41, 5.74) is 5.37. The Balaban J connectivity index is 1.55. The van der Waals surface area contributed by atoms with Crippen molar-refractivity contribution >= 4 is 11.7 Å². The minimum Gasteiger partial charge on any atom is -0.333 e. The van der Waals surface area contributed by atoms with E-state index >= 15 is 0 Å². The summed E-state index contributed by atoms with van der Waals surface area (Å²) in [6.45, 7) is 2.90. The Morgan fingerprint density at radius 2 is 2.15 bits per heavy atom. The summed E-state index contributed by atoms with van der Waals surface area (Å²) >= 11 is 0. The third-order valence-corrected chi connectivity index (χ3v) is 4.08. The van der Waals surface area contributed by atoms with Gasteiger partial charge in [0.1, 0.15) is 0 Å². The van der Waals surface area contributed by atoms with E-state index in [0.29, 0.717) is 0 Å². The van der Waals surface area contributed by atoms with Gasteiger partial charge in [-0.15, -0.1) is 0 Å². The van der Waals surface area contributed by atoms with Crippen molar-refractivity contribution in [2.75, 3.05) is 31.7 Å². The Morgan fingerprint density at radius 1 is 1.30 bits per heavy atom. The number of likely N-dealkylation sites (tertiary alicyclic amines) is 1. The van der Waals surface area contributed by atoms with Crippen molar-refractivity contribution in [2.24, 2.45) is 0 Å². The molecule has 2 N–H and O–H groups in total. The largest absolute Gasteiger partial charge is 0.333 e. The Hall–Kier alpha value is -1.75. The first-order valence-corrected chi connectivity index (χ1v) is 7.33. The molecule has 2 amide bonds. The zero-order valence-electron chi connectivity index (χ0n) is 11.9. The number of carbonyl (C=O) groups is 1. The van der Waals surface area contributed by atoms with Gasteiger partial charge in [-0.2, -0.15) is 0 Å². The quantitative estimate of drug-likeness (QED) is 0.856. The highest BCUT2D eigenvalue weighted by atomic mass is 16.2. The van der Waals surface area contributed by atoms with E-state index in [0.717, 1.165) is 44.6 Å². The number of hydrazine groups is 1. The maximum Gasteiger partial charge on any atom is 0.333 e. The maximum absolute atomic E-state index is 12.1. The van der Waals surface area contributed by atoms with Gasteiger partial charge >= 0.3 is 6.03 Å². The van der Waals surface area contributed by atoms with Gasteiger partial charge in [0.05, 0.1) is 5.69 Å². The van der Waals surface area contributed by atoms with Crippen molar-refractivity contribution in [3.05, 3.63) is 29.8 Å². The average Bonchev–Trinajstić information content (AvgIpc) is 2.82. The molecule has 1 unspecified atom stereocenters. The van der Waals surface area contributed by atoms with Crippen LogP contribution in [0, 0.1) is 0 Å². The number of rotatable bonds is 2. The van der Waals surface area contributed by atoms with E-state index in [4.69, 9.17) is 0 Å². The normalized spacial score (nSPS) is 22.4. The number of nitrogens with zero attached hydrogens (tertiary/aromatic N) is 2. The maximum atomic E-state index is 12.1. The summed E-state index contributed by atoms with van der Waals surface area (Å²) in [7, 11) is 2.10. The fraction of sp³-hybridized carbons (Fsp3) is 0.533. The number of urea groups is 1. The molecule has 5 heteroatoms. The minimum atomic E-state index is -0.0954. The van der Waals surface area contributed by atoms with Crippen molar-refractivity contribution < 1.29 is 4.79 Å². The number of para-hydroxylation sites is 1. The second-order valence-corrected chi connectivity index (χ2v) is 5.72. The number of fused-ring (bicyclic) bond motifs is 1. The molecule has 0 aromatic heterocycles. The van der Waals surface area contributed by atoms with Gasteiger partial charge in [0.2, 0.25) is 0 Å². The molecule has 1 fully saturated rings. The Labute approximate surface area is 119 Å². The zero-order valence-corrected chi connectivity index (χ0v) is 11.9. The van der Waals surface area contributed by atoms with E-state index < -0.39 is 0 Å². The number of hydrogen-bond acceptors (Lipinski definition) is 3. The van der Waals surface area contributed by atoms with Crippen LogP contribution in [0.3, 0.4) is 0 Å². The molecule has 0 radical (unpaired) electrons. The molecule has 0 aliphatic carbocycles. The van der Waals surface area contributed by atoms with Crippen LogP contribution in [-0.2, 0) is 6.42 Å². The van der Waals surface area contributed by atoms with Crippen LogP contribution in [0.25, 0.3) is 0 Å². The lowest BCUT2D eigenvalue weighted by atomic mass is 10.1. The zero-order chi connectivity index (χ0) is 13.9. The summed E-state index contributed by atoms with van der Waals surface area (Å²) in [5.74, 6) is 0. The fourth-order valence-corrected chi connectivity index (χ4v) is 3.08. The van der Waals surface area contributed by atoms with E-state index in [1.165, 1.54) is 5.56 Å². The predicted molar refractivity (Wildman–Crippen MR) is 79.7 cm³/mol. The average molecular weight is 274 g/mol. The minimum absolute atomic E-state index is 0.0954. The van der Waals surface area contributed by atoms with Crippen LogP contribution in [0.2, 0.25) is 0 Å². The smallest absolute Gasteiger partial charge is 0.333 e. The van der Waals surface area contributed by atoms with Crippen LogP contribution in [0.1, 0.15) is 18.4 Å². The highest BCUT2D eigenvalue weighted by Gasteiger charge is 2.22. The second-order valence-electron chi connectivity index (χ2n) is 5.72. The monoisotopic (exact) mass is 274 g/mol. The number of piperidine rings is 1. The molecule has 0 saturated carbocycles. The van der Waals surface area contributed by atoms with Crippen molar-refractivity contribution in [2.45, 2.75) is 25.3 Å². The Bertz CT molecular complexity index is 491. The lowest BCUT2D eigenvalue weighted by Gasteiger charge is -2.31. The summed E-state index contributed by atoms with van der Waals surface area (Å²) in [5, 5.41) is 5.02. The summed E-state index contributed by atoms with van der Waals surface area (Å²) in [6, 6.07) is 8.38. The number of nitrogens with one attached hydrogen (secondary N) is 2. The first-order valence-electron chi connectivity index (χ1n) is 7.33. The summed E-state index contributed by atoms with van der Waals surface area (Å²) < 4.78 is 0. The molecule has 1 aromatic rings. The number of benzene rings is 1. The molecule has 108 valence electrons. The molecule has 2 aliphatic heterocycles. The predicted octanol–water partition coefficient (Wildman–Crippen LogP) is 1.36. The topological polar surface area (TPSA) is 47.6 Å². The molecule has 1 aromatic carbocycles. The van der Waals surface area contributed by atoms with Crippen molar-refractivity contribution in [3.63, 3.8) is 0 Å². The van der Waals surface area contributed by atoms with E-state index in [-0.39, 0.29) is 12.1 Å². The molecule has 3 rings (SSSR count). The number of hydrogen-bond donors (Lipinski definition) is 2. The van der Waals surface area contributed by atoms with Gasteiger partial charge in [-0.3, -0.25) is 5.01 Å². The molecule has 2 heterocycles. The van der Waals surface area contributed by atoms with Crippen molar-refractivity contribution in [3.8, 4) is 0 Å². The van der Waals surface area contributed by atoms with Gasteiger partial charge in [0.25, 0.3) is 0 Å². The lowest BCUT2D eigenvalue weighted by Crippen LogP contribution is -2.53. The molecule has 20 heavy (non-hydrogen) atoms. The van der Waals surface area contributed by atoms with Crippen LogP contribution >= 0.6 is 0 Å². The number of anilines is 1. The lowest BCUT2D eigenvalue weighted by molar-refractivity contribution is 0.209. The van der Waals surface area contributed by atoms with Gasteiger partial charge in [0.15, 0.2) is 0 Å². The summed E-state index contributed by atoms with van der Waals surface area (Å²) in [6.07, 6.45) is 3.20. The molecule has 1 saturated heterocycles. The molecule has 0 spiro atoms. The Morgan fingerprint density at radius 3 is 3.00 bits per heavy atom. The van der Waals surface area contributed by atoms with Gasteiger partial charge in [0, 0.05) is 19.1 Å². The molecule has 1 atom stereocenters. The molecule has 2 aliphatic rings. The van der Waals surface area contributed by atoms with Crippen LogP contribution in [0.4, 0.5) is 10.5 Å². The first-order chi connectivity index (χ1) is 9.72. The summed E-state index contributed by atoms with van der Waals surface area (Å²) in [4.78, 5) is 14.4. The second kappa shape index (κ2) is 5.71. The Kier molecular flexibility index (Phi) is 3.78.